The van der Waals surface area contributed by atoms with Gasteiger partial charge in [0.1, 0.15) is 5.82 Å². The molecule has 0 saturated carbocycles. The highest BCUT2D eigenvalue weighted by Crippen LogP contribution is 2.49. The standard InChI is InChI=1S/C23H23N5O2S/c1-13-6-7-18(31-13)19-15(11-24)21(25)28(27-22(30)14-5-4-8-26-12-14)16-9-23(2,3)10-17(29)20(16)19/h4-8,12,19H,9-10,25H2,1-3H3,(H,27,30). The highest BCUT2D eigenvalue weighted by molar-refractivity contribution is 7.12. The topological polar surface area (TPSA) is 112 Å². The molecule has 0 aromatic carbocycles. The summed E-state index contributed by atoms with van der Waals surface area (Å²) in [4.78, 5) is 32.2. The summed E-state index contributed by atoms with van der Waals surface area (Å²) in [6, 6.07) is 9.41. The number of aryl methyl sites for hydroxylation is 1. The molecule has 31 heavy (non-hydrogen) atoms. The van der Waals surface area contributed by atoms with Crippen LogP contribution in [0.2, 0.25) is 0 Å². The van der Waals surface area contributed by atoms with E-state index in [2.05, 4.69) is 16.5 Å². The molecule has 158 valence electrons. The summed E-state index contributed by atoms with van der Waals surface area (Å²) in [5.41, 5.74) is 10.8. The zero-order valence-electron chi connectivity index (χ0n) is 17.6. The summed E-state index contributed by atoms with van der Waals surface area (Å²) < 4.78 is 0. The molecule has 1 unspecified atom stereocenters. The monoisotopic (exact) mass is 433 g/mol. The van der Waals surface area contributed by atoms with E-state index in [0.29, 0.717) is 29.7 Å². The molecular formula is C23H23N5O2S. The number of ketones is 1. The Morgan fingerprint density at radius 2 is 2.13 bits per heavy atom. The first-order chi connectivity index (χ1) is 14.7. The van der Waals surface area contributed by atoms with Crippen LogP contribution in [0, 0.1) is 23.7 Å². The number of thiophene rings is 1. The minimum Gasteiger partial charge on any atom is -0.383 e. The Morgan fingerprint density at radius 1 is 1.35 bits per heavy atom. The van der Waals surface area contributed by atoms with E-state index in [1.807, 2.05) is 32.9 Å². The molecule has 0 saturated heterocycles. The van der Waals surface area contributed by atoms with E-state index < -0.39 is 11.8 Å². The van der Waals surface area contributed by atoms with E-state index in [-0.39, 0.29) is 22.6 Å². The lowest BCUT2D eigenvalue weighted by molar-refractivity contribution is -0.118. The number of nitriles is 1. The molecule has 0 spiro atoms. The number of aromatic nitrogens is 1. The molecule has 0 bridgehead atoms. The Balaban J connectivity index is 1.86. The quantitative estimate of drug-likeness (QED) is 0.766. The molecule has 3 heterocycles. The number of carbonyl (C=O) groups excluding carboxylic acids is 2. The molecule has 1 aliphatic heterocycles. The van der Waals surface area contributed by atoms with E-state index in [1.165, 1.54) is 11.2 Å². The van der Waals surface area contributed by atoms with Crippen molar-refractivity contribution in [3.8, 4) is 6.07 Å². The average Bonchev–Trinajstić information content (AvgIpc) is 3.15. The Hall–Kier alpha value is -3.44. The van der Waals surface area contributed by atoms with Crippen molar-refractivity contribution in [2.75, 3.05) is 0 Å². The Labute approximate surface area is 184 Å². The molecule has 1 amide bonds. The first kappa shape index (κ1) is 20.8. The minimum atomic E-state index is -0.520. The van der Waals surface area contributed by atoms with Gasteiger partial charge in [-0.25, -0.2) is 5.01 Å². The average molecular weight is 434 g/mol. The summed E-state index contributed by atoms with van der Waals surface area (Å²) in [7, 11) is 0. The molecule has 3 N–H and O–H groups in total. The number of nitrogens with zero attached hydrogens (tertiary/aromatic N) is 3. The largest absolute Gasteiger partial charge is 0.383 e. The van der Waals surface area contributed by atoms with Crippen LogP contribution in [0.15, 0.2) is 59.3 Å². The van der Waals surface area contributed by atoms with Crippen molar-refractivity contribution in [3.63, 3.8) is 0 Å². The van der Waals surface area contributed by atoms with Crippen molar-refractivity contribution in [3.05, 3.63) is 74.6 Å². The zero-order chi connectivity index (χ0) is 22.3. The fourth-order valence-corrected chi connectivity index (χ4v) is 5.19. The van der Waals surface area contributed by atoms with Crippen molar-refractivity contribution < 1.29 is 9.59 Å². The van der Waals surface area contributed by atoms with Gasteiger partial charge in [0.15, 0.2) is 5.78 Å². The summed E-state index contributed by atoms with van der Waals surface area (Å²) >= 11 is 1.54. The van der Waals surface area contributed by atoms with Gasteiger partial charge in [-0.2, -0.15) is 5.26 Å². The molecule has 4 rings (SSSR count). The molecule has 0 radical (unpaired) electrons. The number of nitrogens with one attached hydrogen (secondary N) is 1. The molecule has 1 aliphatic carbocycles. The number of hydrazine groups is 1. The zero-order valence-corrected chi connectivity index (χ0v) is 18.4. The number of allylic oxidation sites excluding steroid dienone is 3. The highest BCUT2D eigenvalue weighted by Gasteiger charge is 2.45. The Bertz CT molecular complexity index is 1170. The summed E-state index contributed by atoms with van der Waals surface area (Å²) in [6.07, 6.45) is 3.94. The lowest BCUT2D eigenvalue weighted by Crippen LogP contribution is -2.49. The third-order valence-corrected chi connectivity index (χ3v) is 6.63. The number of nitrogens with two attached hydrogens (primary N) is 1. The minimum absolute atomic E-state index is 0.0248. The second-order valence-electron chi connectivity index (χ2n) is 8.61. The van der Waals surface area contributed by atoms with Crippen molar-refractivity contribution in [1.82, 2.24) is 15.4 Å². The lowest BCUT2D eigenvalue weighted by Gasteiger charge is -2.43. The van der Waals surface area contributed by atoms with Gasteiger partial charge in [0.2, 0.25) is 0 Å². The van der Waals surface area contributed by atoms with Crippen LogP contribution in [-0.4, -0.2) is 21.7 Å². The number of amides is 1. The third kappa shape index (κ3) is 3.73. The first-order valence-corrected chi connectivity index (χ1v) is 10.8. The molecule has 2 aromatic heterocycles. The van der Waals surface area contributed by atoms with E-state index in [0.717, 1.165) is 9.75 Å². The number of pyridine rings is 1. The second kappa shape index (κ2) is 7.67. The maximum absolute atomic E-state index is 13.3. The van der Waals surface area contributed by atoms with Crippen LogP contribution in [0.5, 0.6) is 0 Å². The van der Waals surface area contributed by atoms with E-state index in [9.17, 15) is 14.9 Å². The molecule has 2 aliphatic rings. The molecule has 1 atom stereocenters. The van der Waals surface area contributed by atoms with Gasteiger partial charge in [0.05, 0.1) is 28.8 Å². The Morgan fingerprint density at radius 3 is 2.74 bits per heavy atom. The first-order valence-electron chi connectivity index (χ1n) is 9.95. The van der Waals surface area contributed by atoms with Gasteiger partial charge in [-0.05, 0) is 43.0 Å². The SMILES string of the molecule is Cc1ccc(C2C(C#N)=C(N)N(NC(=O)c3cccnc3)C3=C2C(=O)CC(C)(C)C3)s1. The van der Waals surface area contributed by atoms with Crippen LogP contribution in [0.3, 0.4) is 0 Å². The third-order valence-electron chi connectivity index (χ3n) is 5.56. The smallest absolute Gasteiger partial charge is 0.271 e. The maximum Gasteiger partial charge on any atom is 0.271 e. The van der Waals surface area contributed by atoms with Crippen molar-refractivity contribution >= 4 is 23.0 Å². The van der Waals surface area contributed by atoms with Crippen LogP contribution < -0.4 is 11.2 Å². The van der Waals surface area contributed by atoms with Crippen molar-refractivity contribution in [2.24, 2.45) is 11.1 Å². The van der Waals surface area contributed by atoms with Crippen LogP contribution in [0.4, 0.5) is 0 Å². The molecule has 7 nitrogen and oxygen atoms in total. The number of Topliss-reactive ketones (excluding diaryl/α,β-unsaturated/α-hetero) is 1. The van der Waals surface area contributed by atoms with E-state index in [4.69, 9.17) is 5.73 Å². The van der Waals surface area contributed by atoms with E-state index in [1.54, 1.807) is 29.7 Å². The lowest BCUT2D eigenvalue weighted by atomic mass is 9.70. The summed E-state index contributed by atoms with van der Waals surface area (Å²) in [6.45, 7) is 6.01. The number of hydrogen-bond donors (Lipinski definition) is 2. The maximum atomic E-state index is 13.3. The van der Waals surface area contributed by atoms with Crippen molar-refractivity contribution in [1.29, 1.82) is 5.26 Å². The predicted octanol–water partition coefficient (Wildman–Crippen LogP) is 3.53. The molecule has 0 fully saturated rings. The van der Waals surface area contributed by atoms with Crippen LogP contribution >= 0.6 is 11.3 Å². The summed E-state index contributed by atoms with van der Waals surface area (Å²) in [5, 5.41) is 11.4. The highest BCUT2D eigenvalue weighted by atomic mass is 32.1. The number of carbonyl (C=O) groups is 2. The molecular weight excluding hydrogens is 410 g/mol. The number of rotatable bonds is 3. The second-order valence-corrected chi connectivity index (χ2v) is 9.93. The predicted molar refractivity (Wildman–Crippen MR) is 117 cm³/mol. The van der Waals surface area contributed by atoms with Gasteiger partial charge in [-0.1, -0.05) is 13.8 Å². The fraction of sp³-hybridized carbons (Fsp3) is 0.304. The molecule has 2 aromatic rings. The van der Waals surface area contributed by atoms with Crippen LogP contribution in [0.25, 0.3) is 0 Å². The van der Waals surface area contributed by atoms with Crippen LogP contribution in [-0.2, 0) is 4.79 Å². The van der Waals surface area contributed by atoms with Gasteiger partial charge in [-0.3, -0.25) is 20.0 Å². The van der Waals surface area contributed by atoms with Crippen molar-refractivity contribution in [2.45, 2.75) is 39.5 Å². The normalized spacial score (nSPS) is 20.4. The van der Waals surface area contributed by atoms with Gasteiger partial charge < -0.3 is 5.73 Å². The van der Waals surface area contributed by atoms with Gasteiger partial charge in [0, 0.05) is 34.1 Å². The van der Waals surface area contributed by atoms with Gasteiger partial charge in [-0.15, -0.1) is 11.3 Å². The number of hydrogen-bond acceptors (Lipinski definition) is 7. The van der Waals surface area contributed by atoms with Gasteiger partial charge >= 0.3 is 0 Å². The van der Waals surface area contributed by atoms with Crippen LogP contribution in [0.1, 0.15) is 52.7 Å². The fourth-order valence-electron chi connectivity index (χ4n) is 4.19. The molecule has 8 heteroatoms. The Kier molecular flexibility index (Phi) is 5.15. The summed E-state index contributed by atoms with van der Waals surface area (Å²) in [5.74, 6) is -0.821. The van der Waals surface area contributed by atoms with Gasteiger partial charge in [0.25, 0.3) is 5.91 Å². The van der Waals surface area contributed by atoms with E-state index >= 15 is 0 Å².